The average Bonchev–Trinajstić information content (AvgIpc) is 2.83. The van der Waals surface area contributed by atoms with Crippen molar-refractivity contribution in [3.63, 3.8) is 0 Å². The Kier molecular flexibility index (Phi) is 6.55. The number of amides is 1. The van der Waals surface area contributed by atoms with Gasteiger partial charge < -0.3 is 24.3 Å². The van der Waals surface area contributed by atoms with Crippen LogP contribution >= 0.6 is 0 Å². The van der Waals surface area contributed by atoms with Crippen molar-refractivity contribution in [3.8, 4) is 17.2 Å². The summed E-state index contributed by atoms with van der Waals surface area (Å²) >= 11 is 0. The number of benzene rings is 3. The molecule has 1 atom stereocenters. The third-order valence-electron chi connectivity index (χ3n) is 4.84. The van der Waals surface area contributed by atoms with E-state index >= 15 is 0 Å². The van der Waals surface area contributed by atoms with Crippen LogP contribution in [0.1, 0.15) is 22.8 Å². The maximum atomic E-state index is 12.7. The molecule has 0 radical (unpaired) electrons. The van der Waals surface area contributed by atoms with Crippen molar-refractivity contribution >= 4 is 17.6 Å². The van der Waals surface area contributed by atoms with Gasteiger partial charge in [-0.3, -0.25) is 4.79 Å². The molecule has 0 fully saturated rings. The topological polar surface area (TPSA) is 83.1 Å². The highest BCUT2D eigenvalue weighted by atomic mass is 16.6. The summed E-state index contributed by atoms with van der Waals surface area (Å²) in [6, 6.07) is 21.4. The monoisotopic (exact) mass is 433 g/mol. The molecule has 0 aromatic heterocycles. The first-order chi connectivity index (χ1) is 15.6. The third kappa shape index (κ3) is 5.18. The molecule has 0 saturated carbocycles. The number of carbonyl (C=O) groups is 2. The lowest BCUT2D eigenvalue weighted by atomic mass is 10.1. The van der Waals surface area contributed by atoms with Gasteiger partial charge in [-0.15, -0.1) is 0 Å². The summed E-state index contributed by atoms with van der Waals surface area (Å²) < 4.78 is 22.2. The van der Waals surface area contributed by atoms with Gasteiger partial charge in [-0.1, -0.05) is 36.4 Å². The van der Waals surface area contributed by atoms with E-state index in [9.17, 15) is 9.59 Å². The Balaban J connectivity index is 1.37. The summed E-state index contributed by atoms with van der Waals surface area (Å²) in [5, 5.41) is 2.73. The Morgan fingerprint density at radius 1 is 0.938 bits per heavy atom. The van der Waals surface area contributed by atoms with Gasteiger partial charge in [0.1, 0.15) is 25.6 Å². The van der Waals surface area contributed by atoms with E-state index in [-0.39, 0.29) is 6.61 Å². The van der Waals surface area contributed by atoms with Crippen LogP contribution in [0.15, 0.2) is 72.8 Å². The van der Waals surface area contributed by atoms with Crippen LogP contribution < -0.4 is 19.5 Å². The van der Waals surface area contributed by atoms with Gasteiger partial charge in [0.15, 0.2) is 17.6 Å². The largest absolute Gasteiger partial charge is 0.489 e. The van der Waals surface area contributed by atoms with Crippen molar-refractivity contribution < 1.29 is 28.5 Å². The molecule has 4 rings (SSSR count). The highest BCUT2D eigenvalue weighted by Crippen LogP contribution is 2.32. The van der Waals surface area contributed by atoms with Gasteiger partial charge in [0.2, 0.25) is 0 Å². The molecule has 1 heterocycles. The number of para-hydroxylation sites is 1. The maximum Gasteiger partial charge on any atom is 0.339 e. The van der Waals surface area contributed by atoms with E-state index < -0.39 is 18.0 Å². The van der Waals surface area contributed by atoms with E-state index in [1.807, 2.05) is 36.4 Å². The summed E-state index contributed by atoms with van der Waals surface area (Å²) in [6.07, 6.45) is -1.00. The summed E-state index contributed by atoms with van der Waals surface area (Å²) in [4.78, 5) is 25.3. The molecule has 1 aliphatic heterocycles. The molecular formula is C25H23NO6. The standard InChI is InChI=1S/C25H23NO6/c1-17(24(27)26-19-11-12-22-23(15-19)30-14-13-29-22)32-25(28)21-10-6-5-7-18(21)16-31-20-8-3-2-4-9-20/h2-12,15,17H,13-14,16H2,1H3,(H,26,27). The van der Waals surface area contributed by atoms with Crippen LogP contribution in [0, 0.1) is 0 Å². The normalized spacial score (nSPS) is 13.0. The molecule has 3 aromatic carbocycles. The first kappa shape index (κ1) is 21.2. The lowest BCUT2D eigenvalue weighted by Crippen LogP contribution is -2.30. The fourth-order valence-corrected chi connectivity index (χ4v) is 3.17. The van der Waals surface area contributed by atoms with E-state index in [1.54, 1.807) is 36.4 Å². The molecule has 7 nitrogen and oxygen atoms in total. The molecule has 1 amide bonds. The smallest absolute Gasteiger partial charge is 0.339 e. The quantitative estimate of drug-likeness (QED) is 0.562. The van der Waals surface area contributed by atoms with Gasteiger partial charge in [-0.05, 0) is 37.3 Å². The Morgan fingerprint density at radius 2 is 1.66 bits per heavy atom. The molecule has 1 N–H and O–H groups in total. The number of nitrogens with one attached hydrogen (secondary N) is 1. The summed E-state index contributed by atoms with van der Waals surface area (Å²) in [7, 11) is 0. The Hall–Kier alpha value is -4.00. The SMILES string of the molecule is CC(OC(=O)c1ccccc1COc1ccccc1)C(=O)Nc1ccc2c(c1)OCCO2. The van der Waals surface area contributed by atoms with Crippen molar-refractivity contribution in [1.29, 1.82) is 0 Å². The third-order valence-corrected chi connectivity index (χ3v) is 4.84. The van der Waals surface area contributed by atoms with Crippen LogP contribution in [0.25, 0.3) is 0 Å². The number of hydrogen-bond donors (Lipinski definition) is 1. The zero-order chi connectivity index (χ0) is 22.3. The molecule has 164 valence electrons. The number of esters is 1. The first-order valence-electron chi connectivity index (χ1n) is 10.3. The summed E-state index contributed by atoms with van der Waals surface area (Å²) in [6.45, 7) is 2.66. The van der Waals surface area contributed by atoms with Crippen molar-refractivity contribution in [2.75, 3.05) is 18.5 Å². The van der Waals surface area contributed by atoms with Gasteiger partial charge in [0, 0.05) is 17.3 Å². The average molecular weight is 433 g/mol. The van der Waals surface area contributed by atoms with Crippen LogP contribution in [-0.2, 0) is 16.1 Å². The van der Waals surface area contributed by atoms with E-state index in [4.69, 9.17) is 18.9 Å². The van der Waals surface area contributed by atoms with Gasteiger partial charge >= 0.3 is 5.97 Å². The highest BCUT2D eigenvalue weighted by molar-refractivity contribution is 5.98. The fourth-order valence-electron chi connectivity index (χ4n) is 3.17. The molecule has 1 aliphatic rings. The number of hydrogen-bond acceptors (Lipinski definition) is 6. The number of fused-ring (bicyclic) bond motifs is 1. The molecule has 32 heavy (non-hydrogen) atoms. The lowest BCUT2D eigenvalue weighted by molar-refractivity contribution is -0.123. The van der Waals surface area contributed by atoms with E-state index in [1.165, 1.54) is 6.92 Å². The zero-order valence-electron chi connectivity index (χ0n) is 17.6. The van der Waals surface area contributed by atoms with Crippen LogP contribution in [0.5, 0.6) is 17.2 Å². The Labute approximate surface area is 185 Å². The van der Waals surface area contributed by atoms with Crippen molar-refractivity contribution in [2.24, 2.45) is 0 Å². The predicted molar refractivity (Wildman–Crippen MR) is 118 cm³/mol. The lowest BCUT2D eigenvalue weighted by Gasteiger charge is -2.19. The van der Waals surface area contributed by atoms with Gasteiger partial charge in [0.05, 0.1) is 5.56 Å². The van der Waals surface area contributed by atoms with E-state index in [0.717, 1.165) is 0 Å². The van der Waals surface area contributed by atoms with Gasteiger partial charge in [-0.2, -0.15) is 0 Å². The molecule has 0 spiro atoms. The predicted octanol–water partition coefficient (Wildman–Crippen LogP) is 4.22. The Morgan fingerprint density at radius 3 is 2.47 bits per heavy atom. The molecule has 7 heteroatoms. The minimum absolute atomic E-state index is 0.201. The summed E-state index contributed by atoms with van der Waals surface area (Å²) in [5.41, 5.74) is 1.54. The fraction of sp³-hybridized carbons (Fsp3) is 0.200. The molecular weight excluding hydrogens is 410 g/mol. The number of ether oxygens (including phenoxy) is 4. The second-order valence-electron chi connectivity index (χ2n) is 7.15. The van der Waals surface area contributed by atoms with Gasteiger partial charge in [-0.25, -0.2) is 4.79 Å². The van der Waals surface area contributed by atoms with Crippen molar-refractivity contribution in [2.45, 2.75) is 19.6 Å². The van der Waals surface area contributed by atoms with Crippen LogP contribution in [0.4, 0.5) is 5.69 Å². The molecule has 1 unspecified atom stereocenters. The number of anilines is 1. The highest BCUT2D eigenvalue weighted by Gasteiger charge is 2.22. The molecule has 0 bridgehead atoms. The van der Waals surface area contributed by atoms with E-state index in [0.29, 0.717) is 47.3 Å². The molecule has 3 aromatic rings. The summed E-state index contributed by atoms with van der Waals surface area (Å²) in [5.74, 6) is 0.840. The minimum atomic E-state index is -1.00. The minimum Gasteiger partial charge on any atom is -0.489 e. The van der Waals surface area contributed by atoms with Crippen molar-refractivity contribution in [1.82, 2.24) is 0 Å². The second-order valence-corrected chi connectivity index (χ2v) is 7.15. The maximum absolute atomic E-state index is 12.7. The second kappa shape index (κ2) is 9.87. The van der Waals surface area contributed by atoms with Crippen LogP contribution in [0.2, 0.25) is 0 Å². The van der Waals surface area contributed by atoms with E-state index in [2.05, 4.69) is 5.32 Å². The van der Waals surface area contributed by atoms with Gasteiger partial charge in [0.25, 0.3) is 5.91 Å². The first-order valence-corrected chi connectivity index (χ1v) is 10.3. The zero-order valence-corrected chi connectivity index (χ0v) is 17.6. The van der Waals surface area contributed by atoms with Crippen molar-refractivity contribution in [3.05, 3.63) is 83.9 Å². The van der Waals surface area contributed by atoms with Crippen LogP contribution in [-0.4, -0.2) is 31.2 Å². The Bertz CT molecular complexity index is 1100. The van der Waals surface area contributed by atoms with Crippen LogP contribution in [0.3, 0.4) is 0 Å². The number of rotatable bonds is 7. The number of carbonyl (C=O) groups excluding carboxylic acids is 2. The molecule has 0 saturated heterocycles. The molecule has 0 aliphatic carbocycles.